The summed E-state index contributed by atoms with van der Waals surface area (Å²) in [5, 5.41) is 13.8. The van der Waals surface area contributed by atoms with Crippen molar-refractivity contribution < 1.29 is 13.7 Å². The third-order valence-corrected chi connectivity index (χ3v) is 3.29. The van der Waals surface area contributed by atoms with Gasteiger partial charge in [0.25, 0.3) is 5.69 Å². The molecular formula is C12H14F2N2O2. The smallest absolute Gasteiger partial charge is 0.295 e. The Hall–Kier alpha value is -1.72. The van der Waals surface area contributed by atoms with Crippen LogP contribution in [0.5, 0.6) is 0 Å². The molecule has 0 bridgehead atoms. The first-order chi connectivity index (χ1) is 8.31. The van der Waals surface area contributed by atoms with Gasteiger partial charge in [0.15, 0.2) is 11.6 Å². The molecule has 0 heterocycles. The summed E-state index contributed by atoms with van der Waals surface area (Å²) < 4.78 is 26.2. The number of nitro benzene ring substituents is 1. The molecule has 1 saturated carbocycles. The van der Waals surface area contributed by atoms with E-state index in [-0.39, 0.29) is 11.2 Å². The largest absolute Gasteiger partial charge is 0.374 e. The number of hydrogen-bond acceptors (Lipinski definition) is 3. The topological polar surface area (TPSA) is 55.2 Å². The van der Waals surface area contributed by atoms with Crippen LogP contribution in [-0.2, 0) is 0 Å². The summed E-state index contributed by atoms with van der Waals surface area (Å²) in [6, 6.07) is 1.46. The molecule has 6 heteroatoms. The monoisotopic (exact) mass is 256 g/mol. The van der Waals surface area contributed by atoms with Crippen LogP contribution >= 0.6 is 0 Å². The third-order valence-electron chi connectivity index (χ3n) is 3.29. The van der Waals surface area contributed by atoms with Crippen LogP contribution in [0.2, 0.25) is 0 Å². The molecule has 1 aliphatic carbocycles. The number of nitrogens with zero attached hydrogens (tertiary/aromatic N) is 1. The van der Waals surface area contributed by atoms with Crippen LogP contribution in [-0.4, -0.2) is 10.5 Å². The first kappa shape index (κ1) is 12.7. The number of anilines is 1. The summed E-state index contributed by atoms with van der Waals surface area (Å²) in [5.41, 5.74) is -0.784. The van der Waals surface area contributed by atoms with Crippen LogP contribution in [0, 0.1) is 27.7 Å². The molecule has 2 rings (SSSR count). The maximum atomic E-state index is 13.2. The Kier molecular flexibility index (Phi) is 2.96. The molecule has 1 aromatic rings. The van der Waals surface area contributed by atoms with Gasteiger partial charge in [-0.3, -0.25) is 10.1 Å². The van der Waals surface area contributed by atoms with Crippen molar-refractivity contribution in [3.05, 3.63) is 33.9 Å². The molecular weight excluding hydrogens is 242 g/mol. The summed E-state index contributed by atoms with van der Waals surface area (Å²) >= 11 is 0. The summed E-state index contributed by atoms with van der Waals surface area (Å²) in [7, 11) is 0. The molecule has 4 nitrogen and oxygen atoms in total. The molecule has 98 valence electrons. The number of halogens is 2. The maximum Gasteiger partial charge on any atom is 0.295 e. The van der Waals surface area contributed by atoms with Crippen LogP contribution in [0.1, 0.15) is 26.7 Å². The van der Waals surface area contributed by atoms with Crippen LogP contribution in [0.25, 0.3) is 0 Å². The first-order valence-electron chi connectivity index (χ1n) is 5.73. The Morgan fingerprint density at radius 2 is 1.89 bits per heavy atom. The van der Waals surface area contributed by atoms with Crippen molar-refractivity contribution >= 4 is 11.4 Å². The molecule has 0 radical (unpaired) electrons. The summed E-state index contributed by atoms with van der Waals surface area (Å²) in [4.78, 5) is 10.1. The van der Waals surface area contributed by atoms with Gasteiger partial charge >= 0.3 is 0 Å². The van der Waals surface area contributed by atoms with E-state index in [1.54, 1.807) is 0 Å². The van der Waals surface area contributed by atoms with Gasteiger partial charge in [0.1, 0.15) is 5.69 Å². The molecule has 1 N–H and O–H groups in total. The van der Waals surface area contributed by atoms with Crippen molar-refractivity contribution in [2.45, 2.75) is 32.2 Å². The lowest BCUT2D eigenvalue weighted by Gasteiger charge is -2.27. The average Bonchev–Trinajstić information content (AvgIpc) is 3.05. The molecule has 0 saturated heterocycles. The van der Waals surface area contributed by atoms with Crippen molar-refractivity contribution in [3.8, 4) is 0 Å². The Balaban J connectivity index is 2.36. The van der Waals surface area contributed by atoms with Gasteiger partial charge in [-0.05, 0) is 32.6 Å². The fourth-order valence-corrected chi connectivity index (χ4v) is 2.04. The van der Waals surface area contributed by atoms with E-state index in [1.807, 2.05) is 13.8 Å². The zero-order valence-electron chi connectivity index (χ0n) is 10.2. The molecule has 18 heavy (non-hydrogen) atoms. The minimum atomic E-state index is -1.21. The number of rotatable bonds is 4. The molecule has 0 amide bonds. The summed E-state index contributed by atoms with van der Waals surface area (Å²) in [6.45, 7) is 3.80. The Bertz CT molecular complexity index is 499. The highest BCUT2D eigenvalue weighted by molar-refractivity contribution is 5.63. The van der Waals surface area contributed by atoms with Crippen LogP contribution in [0.4, 0.5) is 20.2 Å². The van der Waals surface area contributed by atoms with Crippen LogP contribution in [0.3, 0.4) is 0 Å². The van der Waals surface area contributed by atoms with Gasteiger partial charge < -0.3 is 5.32 Å². The Morgan fingerprint density at radius 3 is 2.39 bits per heavy atom. The second-order valence-electron chi connectivity index (χ2n) is 5.16. The third kappa shape index (κ3) is 2.42. The van der Waals surface area contributed by atoms with E-state index in [2.05, 4.69) is 5.32 Å². The highest BCUT2D eigenvalue weighted by atomic mass is 19.2. The van der Waals surface area contributed by atoms with E-state index >= 15 is 0 Å². The molecule has 1 fully saturated rings. The molecule has 0 aliphatic heterocycles. The maximum absolute atomic E-state index is 13.2. The molecule has 1 aromatic carbocycles. The van der Waals surface area contributed by atoms with E-state index in [0.29, 0.717) is 12.0 Å². The zero-order chi connectivity index (χ0) is 13.5. The predicted molar refractivity (Wildman–Crippen MR) is 63.4 cm³/mol. The van der Waals surface area contributed by atoms with Gasteiger partial charge in [-0.25, -0.2) is 8.78 Å². The fraction of sp³-hybridized carbons (Fsp3) is 0.500. The number of hydrogen-bond donors (Lipinski definition) is 1. The quantitative estimate of drug-likeness (QED) is 0.662. The Morgan fingerprint density at radius 1 is 1.33 bits per heavy atom. The van der Waals surface area contributed by atoms with Crippen molar-refractivity contribution in [1.29, 1.82) is 0 Å². The molecule has 0 spiro atoms. The summed E-state index contributed by atoms with van der Waals surface area (Å²) in [5.74, 6) is -1.89. The first-order valence-corrected chi connectivity index (χ1v) is 5.73. The second-order valence-corrected chi connectivity index (χ2v) is 5.16. The number of nitro groups is 1. The minimum Gasteiger partial charge on any atom is -0.374 e. The van der Waals surface area contributed by atoms with Crippen molar-refractivity contribution in [3.63, 3.8) is 0 Å². The fourth-order valence-electron chi connectivity index (χ4n) is 2.04. The van der Waals surface area contributed by atoms with E-state index in [0.717, 1.165) is 18.9 Å². The van der Waals surface area contributed by atoms with E-state index < -0.39 is 22.2 Å². The van der Waals surface area contributed by atoms with Gasteiger partial charge in [0, 0.05) is 11.6 Å². The predicted octanol–water partition coefficient (Wildman–Crippen LogP) is 3.47. The van der Waals surface area contributed by atoms with E-state index in [1.165, 1.54) is 0 Å². The van der Waals surface area contributed by atoms with Crippen molar-refractivity contribution in [2.75, 3.05) is 5.32 Å². The van der Waals surface area contributed by atoms with Gasteiger partial charge in [-0.2, -0.15) is 0 Å². The number of nitrogens with one attached hydrogen (secondary N) is 1. The lowest BCUT2D eigenvalue weighted by Crippen LogP contribution is -2.33. The molecule has 0 aromatic heterocycles. The highest BCUT2D eigenvalue weighted by Gasteiger charge is 2.38. The van der Waals surface area contributed by atoms with Crippen molar-refractivity contribution in [1.82, 2.24) is 0 Å². The van der Waals surface area contributed by atoms with Gasteiger partial charge in [0.2, 0.25) is 0 Å². The zero-order valence-corrected chi connectivity index (χ0v) is 10.2. The molecule has 1 aliphatic rings. The highest BCUT2D eigenvalue weighted by Crippen LogP contribution is 2.42. The van der Waals surface area contributed by atoms with Gasteiger partial charge in [0.05, 0.1) is 11.0 Å². The van der Waals surface area contributed by atoms with E-state index in [9.17, 15) is 18.9 Å². The lowest BCUT2D eigenvalue weighted by molar-refractivity contribution is -0.384. The van der Waals surface area contributed by atoms with Crippen LogP contribution < -0.4 is 5.32 Å². The van der Waals surface area contributed by atoms with E-state index in [4.69, 9.17) is 0 Å². The van der Waals surface area contributed by atoms with Crippen molar-refractivity contribution in [2.24, 2.45) is 5.92 Å². The second kappa shape index (κ2) is 4.19. The molecule has 0 unspecified atom stereocenters. The molecule has 0 atom stereocenters. The van der Waals surface area contributed by atoms with Gasteiger partial charge in [-0.15, -0.1) is 0 Å². The average molecular weight is 256 g/mol. The standard InChI is InChI=1S/C12H14F2N2O2/c1-12(2,7-3-4-7)15-10-5-8(13)9(14)6-11(10)16(17)18/h5-7,15H,3-4H2,1-2H3. The lowest BCUT2D eigenvalue weighted by atomic mass is 9.98. The number of benzene rings is 1. The van der Waals surface area contributed by atoms with Crippen LogP contribution in [0.15, 0.2) is 12.1 Å². The SMILES string of the molecule is CC(C)(Nc1cc(F)c(F)cc1[N+](=O)[O-])C1CC1. The van der Waals surface area contributed by atoms with Gasteiger partial charge in [-0.1, -0.05) is 0 Å². The minimum absolute atomic E-state index is 0.0239. The normalized spacial score (nSPS) is 15.6. The summed E-state index contributed by atoms with van der Waals surface area (Å²) in [6.07, 6.45) is 2.08. The Labute approximate surface area is 103 Å².